The summed E-state index contributed by atoms with van der Waals surface area (Å²) in [6, 6.07) is 7.24. The summed E-state index contributed by atoms with van der Waals surface area (Å²) < 4.78 is 0. The third-order valence-electron chi connectivity index (χ3n) is 6.06. The van der Waals surface area contributed by atoms with Gasteiger partial charge in [0.05, 0.1) is 0 Å². The summed E-state index contributed by atoms with van der Waals surface area (Å²) in [6.45, 7) is 3.99. The van der Waals surface area contributed by atoms with E-state index in [0.717, 1.165) is 24.8 Å². The Morgan fingerprint density at radius 3 is 1.81 bits per heavy atom. The molecule has 0 aliphatic rings. The van der Waals surface area contributed by atoms with Gasteiger partial charge in [0.15, 0.2) is 0 Å². The second-order valence-electron chi connectivity index (χ2n) is 8.82. The molecule has 176 valence electrons. The normalized spacial score (nSPS) is 11.9. The van der Waals surface area contributed by atoms with Crippen LogP contribution in [0, 0.1) is 0 Å². The van der Waals surface area contributed by atoms with Crippen molar-refractivity contribution in [2.45, 2.75) is 122 Å². The SMILES string of the molecule is CCCCCCCCCCCCCCCC(CC(=O)NC(=O)CC)c1ccccc1O. The van der Waals surface area contributed by atoms with Crippen LogP contribution in [-0.2, 0) is 9.59 Å². The van der Waals surface area contributed by atoms with E-state index in [1.807, 2.05) is 12.1 Å². The summed E-state index contributed by atoms with van der Waals surface area (Å²) in [4.78, 5) is 23.7. The molecule has 1 unspecified atom stereocenters. The van der Waals surface area contributed by atoms with E-state index in [4.69, 9.17) is 0 Å². The first-order chi connectivity index (χ1) is 15.1. The van der Waals surface area contributed by atoms with Crippen molar-refractivity contribution in [3.63, 3.8) is 0 Å². The first kappa shape index (κ1) is 27.2. The Morgan fingerprint density at radius 1 is 0.774 bits per heavy atom. The number of benzene rings is 1. The van der Waals surface area contributed by atoms with Crippen molar-refractivity contribution in [3.05, 3.63) is 29.8 Å². The van der Waals surface area contributed by atoms with Crippen LogP contribution in [0.2, 0.25) is 0 Å². The molecule has 0 saturated carbocycles. The molecule has 0 saturated heterocycles. The summed E-state index contributed by atoms with van der Waals surface area (Å²) >= 11 is 0. The predicted molar refractivity (Wildman–Crippen MR) is 129 cm³/mol. The number of nitrogens with one attached hydrogen (secondary N) is 1. The highest BCUT2D eigenvalue weighted by Crippen LogP contribution is 2.32. The third kappa shape index (κ3) is 13.2. The number of amides is 2. The van der Waals surface area contributed by atoms with Gasteiger partial charge in [-0.1, -0.05) is 116 Å². The van der Waals surface area contributed by atoms with Gasteiger partial charge in [-0.05, 0) is 24.0 Å². The molecule has 1 rings (SSSR count). The minimum atomic E-state index is -0.255. The molecule has 1 aromatic rings. The fourth-order valence-corrected chi connectivity index (χ4v) is 4.13. The fraction of sp³-hybridized carbons (Fsp3) is 0.704. The van der Waals surface area contributed by atoms with E-state index < -0.39 is 0 Å². The molecule has 0 heterocycles. The summed E-state index contributed by atoms with van der Waals surface area (Å²) in [5, 5.41) is 12.7. The lowest BCUT2D eigenvalue weighted by Gasteiger charge is -2.18. The maximum atomic E-state index is 12.2. The molecule has 0 radical (unpaired) electrons. The van der Waals surface area contributed by atoms with Gasteiger partial charge in [0.25, 0.3) is 0 Å². The molecule has 0 aliphatic carbocycles. The van der Waals surface area contributed by atoms with Crippen molar-refractivity contribution in [2.75, 3.05) is 0 Å². The zero-order valence-electron chi connectivity index (χ0n) is 20.0. The number of carbonyl (C=O) groups is 2. The number of imide groups is 1. The Bertz CT molecular complexity index is 614. The Balaban J connectivity index is 2.25. The standard InChI is InChI=1S/C27H45NO3/c1-3-5-6-7-8-9-10-11-12-13-14-15-16-19-23(22-27(31)28-26(30)4-2)24-20-17-18-21-25(24)29/h17-18,20-21,23,29H,3-16,19,22H2,1-2H3,(H,28,30,31). The first-order valence-corrected chi connectivity index (χ1v) is 12.7. The molecule has 0 fully saturated rings. The van der Waals surface area contributed by atoms with Crippen LogP contribution in [0.5, 0.6) is 5.75 Å². The van der Waals surface area contributed by atoms with Crippen molar-refractivity contribution < 1.29 is 14.7 Å². The van der Waals surface area contributed by atoms with Gasteiger partial charge in [0.1, 0.15) is 5.75 Å². The third-order valence-corrected chi connectivity index (χ3v) is 6.06. The van der Waals surface area contributed by atoms with Crippen LogP contribution in [-0.4, -0.2) is 16.9 Å². The van der Waals surface area contributed by atoms with Gasteiger partial charge in [0, 0.05) is 12.8 Å². The van der Waals surface area contributed by atoms with E-state index in [2.05, 4.69) is 12.2 Å². The summed E-state index contributed by atoms with van der Waals surface area (Å²) in [6.07, 6.45) is 18.4. The topological polar surface area (TPSA) is 66.4 Å². The lowest BCUT2D eigenvalue weighted by Crippen LogP contribution is -2.30. The Labute approximate surface area is 190 Å². The monoisotopic (exact) mass is 431 g/mol. The van der Waals surface area contributed by atoms with E-state index >= 15 is 0 Å². The van der Waals surface area contributed by atoms with Gasteiger partial charge in [-0.15, -0.1) is 0 Å². The lowest BCUT2D eigenvalue weighted by molar-refractivity contribution is -0.130. The van der Waals surface area contributed by atoms with Crippen LogP contribution in [0.4, 0.5) is 0 Å². The van der Waals surface area contributed by atoms with Crippen LogP contribution in [0.3, 0.4) is 0 Å². The minimum Gasteiger partial charge on any atom is -0.508 e. The second kappa shape index (κ2) is 17.8. The van der Waals surface area contributed by atoms with E-state index in [9.17, 15) is 14.7 Å². The maximum absolute atomic E-state index is 12.2. The fourth-order valence-electron chi connectivity index (χ4n) is 4.13. The van der Waals surface area contributed by atoms with Crippen LogP contribution < -0.4 is 5.32 Å². The van der Waals surface area contributed by atoms with E-state index in [1.54, 1.807) is 19.1 Å². The Morgan fingerprint density at radius 2 is 1.29 bits per heavy atom. The number of unbranched alkanes of at least 4 members (excludes halogenated alkanes) is 12. The molecule has 4 heteroatoms. The van der Waals surface area contributed by atoms with Crippen molar-refractivity contribution in [1.82, 2.24) is 5.32 Å². The van der Waals surface area contributed by atoms with Gasteiger partial charge >= 0.3 is 0 Å². The molecular formula is C27H45NO3. The van der Waals surface area contributed by atoms with Crippen LogP contribution >= 0.6 is 0 Å². The van der Waals surface area contributed by atoms with Gasteiger partial charge in [0.2, 0.25) is 11.8 Å². The highest BCUT2D eigenvalue weighted by atomic mass is 16.3. The van der Waals surface area contributed by atoms with Gasteiger partial charge < -0.3 is 5.11 Å². The number of aromatic hydroxyl groups is 1. The van der Waals surface area contributed by atoms with Crippen molar-refractivity contribution in [1.29, 1.82) is 0 Å². The number of hydrogen-bond donors (Lipinski definition) is 2. The maximum Gasteiger partial charge on any atom is 0.227 e. The molecule has 31 heavy (non-hydrogen) atoms. The number of hydrogen-bond acceptors (Lipinski definition) is 3. The molecule has 1 aromatic carbocycles. The Kier molecular flexibility index (Phi) is 15.6. The van der Waals surface area contributed by atoms with Crippen molar-refractivity contribution in [3.8, 4) is 5.75 Å². The van der Waals surface area contributed by atoms with Gasteiger partial charge in [-0.25, -0.2) is 0 Å². The van der Waals surface area contributed by atoms with Crippen LogP contribution in [0.25, 0.3) is 0 Å². The number of phenols is 1. The second-order valence-corrected chi connectivity index (χ2v) is 8.82. The molecule has 0 aliphatic heterocycles. The lowest BCUT2D eigenvalue weighted by atomic mass is 9.89. The average Bonchev–Trinajstić information content (AvgIpc) is 2.76. The molecule has 0 spiro atoms. The molecule has 0 aromatic heterocycles. The average molecular weight is 432 g/mol. The van der Waals surface area contributed by atoms with E-state index in [1.165, 1.54) is 70.6 Å². The Hall–Kier alpha value is -1.84. The molecule has 0 bridgehead atoms. The number of para-hydroxylation sites is 1. The molecular weight excluding hydrogens is 386 g/mol. The highest BCUT2D eigenvalue weighted by Gasteiger charge is 2.19. The van der Waals surface area contributed by atoms with E-state index in [0.29, 0.717) is 6.42 Å². The van der Waals surface area contributed by atoms with Crippen molar-refractivity contribution in [2.24, 2.45) is 0 Å². The number of carbonyl (C=O) groups excluding carboxylic acids is 2. The predicted octanol–water partition coefficient (Wildman–Crippen LogP) is 7.40. The highest BCUT2D eigenvalue weighted by molar-refractivity contribution is 5.95. The largest absolute Gasteiger partial charge is 0.508 e. The summed E-state index contributed by atoms with van der Waals surface area (Å²) in [5.41, 5.74) is 0.806. The van der Waals surface area contributed by atoms with Crippen molar-refractivity contribution >= 4 is 11.8 Å². The molecule has 2 amide bonds. The quantitative estimate of drug-likeness (QED) is 0.238. The minimum absolute atomic E-state index is 0.0569. The summed E-state index contributed by atoms with van der Waals surface area (Å²) in [7, 11) is 0. The van der Waals surface area contributed by atoms with E-state index in [-0.39, 0.29) is 29.9 Å². The van der Waals surface area contributed by atoms with Gasteiger partial charge in [-0.2, -0.15) is 0 Å². The van der Waals surface area contributed by atoms with Crippen LogP contribution in [0.1, 0.15) is 128 Å². The zero-order valence-corrected chi connectivity index (χ0v) is 20.0. The first-order valence-electron chi connectivity index (χ1n) is 12.7. The molecule has 4 nitrogen and oxygen atoms in total. The number of rotatable bonds is 18. The number of phenolic OH excluding ortho intramolecular Hbond substituents is 1. The molecule has 2 N–H and O–H groups in total. The molecule has 1 atom stereocenters. The smallest absolute Gasteiger partial charge is 0.227 e. The zero-order chi connectivity index (χ0) is 22.7. The van der Waals surface area contributed by atoms with Gasteiger partial charge in [-0.3, -0.25) is 14.9 Å². The van der Waals surface area contributed by atoms with Crippen LogP contribution in [0.15, 0.2) is 24.3 Å². The summed E-state index contributed by atoms with van der Waals surface area (Å²) in [5.74, 6) is -0.327.